The predicted molar refractivity (Wildman–Crippen MR) is 68.3 cm³/mol. The van der Waals surface area contributed by atoms with Crippen molar-refractivity contribution in [3.63, 3.8) is 0 Å². The number of anilines is 1. The van der Waals surface area contributed by atoms with Crippen molar-refractivity contribution in [3.05, 3.63) is 33.9 Å². The molecular formula is C13H15N3O2. The smallest absolute Gasteiger partial charge is 0.292 e. The third-order valence-corrected chi connectivity index (χ3v) is 3.68. The maximum atomic E-state index is 10.9. The molecule has 0 atom stereocenters. The number of hydrogen-bond donors (Lipinski definition) is 1. The van der Waals surface area contributed by atoms with E-state index in [-0.39, 0.29) is 5.69 Å². The quantitative estimate of drug-likeness (QED) is 0.638. The average Bonchev–Trinajstić information content (AvgIpc) is 3.16. The van der Waals surface area contributed by atoms with Crippen molar-refractivity contribution in [2.75, 3.05) is 11.9 Å². The van der Waals surface area contributed by atoms with E-state index in [2.05, 4.69) is 12.2 Å². The van der Waals surface area contributed by atoms with Crippen molar-refractivity contribution in [1.82, 2.24) is 0 Å². The van der Waals surface area contributed by atoms with Gasteiger partial charge in [0.2, 0.25) is 0 Å². The number of nitro groups is 1. The van der Waals surface area contributed by atoms with Gasteiger partial charge in [-0.25, -0.2) is 0 Å². The van der Waals surface area contributed by atoms with Crippen LogP contribution in [0.25, 0.3) is 0 Å². The fraction of sp³-hybridized carbons (Fsp3) is 0.462. The van der Waals surface area contributed by atoms with Crippen LogP contribution in [0.2, 0.25) is 0 Å². The van der Waals surface area contributed by atoms with Crippen molar-refractivity contribution in [2.45, 2.75) is 26.2 Å². The molecular weight excluding hydrogens is 230 g/mol. The molecule has 1 aliphatic carbocycles. The standard InChI is InChI=1S/C13H15N3O2/c1-2-13(5-6-13)9-15-11-7-10(8-14)3-4-12(11)16(17)18/h3-4,7,15H,2,5-6,9H2,1H3. The molecule has 1 fully saturated rings. The van der Waals surface area contributed by atoms with Crippen LogP contribution in [0.5, 0.6) is 0 Å². The van der Waals surface area contributed by atoms with Gasteiger partial charge in [0.25, 0.3) is 5.69 Å². The van der Waals surface area contributed by atoms with E-state index in [1.165, 1.54) is 25.0 Å². The maximum Gasteiger partial charge on any atom is 0.292 e. The second kappa shape index (κ2) is 4.65. The van der Waals surface area contributed by atoms with Crippen molar-refractivity contribution >= 4 is 11.4 Å². The molecule has 5 heteroatoms. The summed E-state index contributed by atoms with van der Waals surface area (Å²) in [6, 6.07) is 6.39. The Kier molecular flexibility index (Phi) is 3.19. The second-order valence-corrected chi connectivity index (χ2v) is 4.81. The van der Waals surface area contributed by atoms with Gasteiger partial charge in [0, 0.05) is 12.6 Å². The molecule has 94 valence electrons. The van der Waals surface area contributed by atoms with Gasteiger partial charge in [-0.1, -0.05) is 6.92 Å². The van der Waals surface area contributed by atoms with E-state index in [0.29, 0.717) is 16.7 Å². The van der Waals surface area contributed by atoms with Crippen LogP contribution in [-0.2, 0) is 0 Å². The molecule has 5 nitrogen and oxygen atoms in total. The van der Waals surface area contributed by atoms with Gasteiger partial charge in [0.1, 0.15) is 5.69 Å². The number of nitro benzene ring substituents is 1. The van der Waals surface area contributed by atoms with Gasteiger partial charge in [-0.05, 0) is 36.8 Å². The molecule has 1 saturated carbocycles. The van der Waals surface area contributed by atoms with Crippen LogP contribution in [0, 0.1) is 26.9 Å². The molecule has 0 radical (unpaired) electrons. The predicted octanol–water partition coefficient (Wildman–Crippen LogP) is 3.07. The topological polar surface area (TPSA) is 79.0 Å². The first-order chi connectivity index (χ1) is 8.60. The van der Waals surface area contributed by atoms with Crippen LogP contribution in [0.15, 0.2) is 18.2 Å². The summed E-state index contributed by atoms with van der Waals surface area (Å²) in [5, 5.41) is 22.9. The molecule has 0 bridgehead atoms. The van der Waals surface area contributed by atoms with Gasteiger partial charge < -0.3 is 5.32 Å². The highest BCUT2D eigenvalue weighted by atomic mass is 16.6. The Bertz CT molecular complexity index is 515. The zero-order chi connectivity index (χ0) is 13.2. The Hall–Kier alpha value is -2.09. The third-order valence-electron chi connectivity index (χ3n) is 3.68. The number of hydrogen-bond acceptors (Lipinski definition) is 4. The highest BCUT2D eigenvalue weighted by molar-refractivity contribution is 5.64. The van der Waals surface area contributed by atoms with E-state index >= 15 is 0 Å². The highest BCUT2D eigenvalue weighted by Gasteiger charge is 2.40. The van der Waals surface area contributed by atoms with Gasteiger partial charge in [-0.2, -0.15) is 5.26 Å². The molecule has 0 heterocycles. The summed E-state index contributed by atoms with van der Waals surface area (Å²) < 4.78 is 0. The first-order valence-corrected chi connectivity index (χ1v) is 6.03. The van der Waals surface area contributed by atoms with E-state index in [1.54, 1.807) is 6.07 Å². The highest BCUT2D eigenvalue weighted by Crippen LogP contribution is 2.48. The summed E-state index contributed by atoms with van der Waals surface area (Å²) in [4.78, 5) is 10.5. The fourth-order valence-electron chi connectivity index (χ4n) is 2.02. The summed E-state index contributed by atoms with van der Waals surface area (Å²) in [5.41, 5.74) is 1.21. The molecule has 1 N–H and O–H groups in total. The van der Waals surface area contributed by atoms with Gasteiger partial charge in [0.15, 0.2) is 0 Å². The molecule has 1 aromatic rings. The zero-order valence-electron chi connectivity index (χ0n) is 10.3. The van der Waals surface area contributed by atoms with Crippen molar-refractivity contribution in [3.8, 4) is 6.07 Å². The molecule has 18 heavy (non-hydrogen) atoms. The first-order valence-electron chi connectivity index (χ1n) is 6.03. The fourth-order valence-corrected chi connectivity index (χ4v) is 2.02. The van der Waals surface area contributed by atoms with E-state index < -0.39 is 4.92 Å². The Morgan fingerprint density at radius 1 is 1.56 bits per heavy atom. The number of nitrogens with one attached hydrogen (secondary N) is 1. The largest absolute Gasteiger partial charge is 0.379 e. The molecule has 1 aliphatic rings. The molecule has 0 amide bonds. The summed E-state index contributed by atoms with van der Waals surface area (Å²) >= 11 is 0. The van der Waals surface area contributed by atoms with Crippen molar-refractivity contribution in [1.29, 1.82) is 5.26 Å². The number of benzene rings is 1. The van der Waals surface area contributed by atoms with Crippen LogP contribution in [0.3, 0.4) is 0 Å². The lowest BCUT2D eigenvalue weighted by Crippen LogP contribution is -2.15. The van der Waals surface area contributed by atoms with E-state index in [1.807, 2.05) is 6.07 Å². The Morgan fingerprint density at radius 3 is 2.78 bits per heavy atom. The lowest BCUT2D eigenvalue weighted by Gasteiger charge is -2.14. The maximum absolute atomic E-state index is 10.9. The summed E-state index contributed by atoms with van der Waals surface area (Å²) in [6.45, 7) is 2.87. The zero-order valence-corrected chi connectivity index (χ0v) is 10.3. The Morgan fingerprint density at radius 2 is 2.28 bits per heavy atom. The SMILES string of the molecule is CCC1(CNc2cc(C#N)ccc2[N+](=O)[O-])CC1. The van der Waals surface area contributed by atoms with Gasteiger partial charge in [-0.3, -0.25) is 10.1 Å². The van der Waals surface area contributed by atoms with Crippen LogP contribution in [0.4, 0.5) is 11.4 Å². The van der Waals surface area contributed by atoms with Crippen molar-refractivity contribution in [2.24, 2.45) is 5.41 Å². The van der Waals surface area contributed by atoms with Crippen LogP contribution in [0.1, 0.15) is 31.7 Å². The number of rotatable bonds is 5. The summed E-state index contributed by atoms with van der Waals surface area (Å²) in [5.74, 6) is 0. The molecule has 0 unspecified atom stereocenters. The minimum absolute atomic E-state index is 0.0286. The molecule has 0 aliphatic heterocycles. The molecule has 0 aromatic heterocycles. The normalized spacial score (nSPS) is 15.8. The molecule has 0 saturated heterocycles. The Labute approximate surface area is 106 Å². The van der Waals surface area contributed by atoms with Crippen LogP contribution in [-0.4, -0.2) is 11.5 Å². The lowest BCUT2D eigenvalue weighted by atomic mass is 10.0. The number of nitrogens with zero attached hydrogens (tertiary/aromatic N) is 2. The average molecular weight is 245 g/mol. The first kappa shape index (κ1) is 12.4. The number of nitriles is 1. The molecule has 0 spiro atoms. The van der Waals surface area contributed by atoms with Gasteiger partial charge in [0.05, 0.1) is 16.6 Å². The minimum Gasteiger partial charge on any atom is -0.379 e. The Balaban J connectivity index is 2.19. The second-order valence-electron chi connectivity index (χ2n) is 4.81. The van der Waals surface area contributed by atoms with E-state index in [0.717, 1.165) is 13.0 Å². The van der Waals surface area contributed by atoms with Crippen LogP contribution >= 0.6 is 0 Å². The van der Waals surface area contributed by atoms with Crippen LogP contribution < -0.4 is 5.32 Å². The third kappa shape index (κ3) is 2.43. The van der Waals surface area contributed by atoms with E-state index in [4.69, 9.17) is 5.26 Å². The minimum atomic E-state index is -0.422. The molecule has 1 aromatic carbocycles. The monoisotopic (exact) mass is 245 g/mol. The lowest BCUT2D eigenvalue weighted by molar-refractivity contribution is -0.384. The molecule has 2 rings (SSSR count). The van der Waals surface area contributed by atoms with Gasteiger partial charge >= 0.3 is 0 Å². The van der Waals surface area contributed by atoms with Gasteiger partial charge in [-0.15, -0.1) is 0 Å². The summed E-state index contributed by atoms with van der Waals surface area (Å²) in [7, 11) is 0. The van der Waals surface area contributed by atoms with Crippen molar-refractivity contribution < 1.29 is 4.92 Å². The summed E-state index contributed by atoms with van der Waals surface area (Å²) in [6.07, 6.45) is 3.41. The van der Waals surface area contributed by atoms with E-state index in [9.17, 15) is 10.1 Å².